The van der Waals surface area contributed by atoms with E-state index in [1.165, 1.54) is 0 Å². The number of rotatable bonds is 6. The molecular formula is C21H27N7O. The topological polar surface area (TPSA) is 88.3 Å². The van der Waals surface area contributed by atoms with Gasteiger partial charge in [0.15, 0.2) is 5.65 Å². The number of pyridine rings is 1. The molecule has 0 saturated carbocycles. The first-order valence-electron chi connectivity index (χ1n) is 10.2. The molecule has 8 heteroatoms. The Hall–Kier alpha value is -3.03. The lowest BCUT2D eigenvalue weighted by atomic mass is 9.97. The number of carbonyl (C=O) groups excluding carboxylic acids is 1. The van der Waals surface area contributed by atoms with E-state index in [1.807, 2.05) is 48.7 Å². The zero-order valence-corrected chi connectivity index (χ0v) is 17.0. The highest BCUT2D eigenvalue weighted by Gasteiger charge is 2.27. The molecule has 1 N–H and O–H groups in total. The van der Waals surface area contributed by atoms with E-state index in [2.05, 4.69) is 30.4 Å². The van der Waals surface area contributed by atoms with Gasteiger partial charge in [0, 0.05) is 43.6 Å². The van der Waals surface area contributed by atoms with Crippen molar-refractivity contribution in [3.8, 4) is 0 Å². The summed E-state index contributed by atoms with van der Waals surface area (Å²) in [5.41, 5.74) is 2.77. The van der Waals surface area contributed by atoms with Gasteiger partial charge in [0.05, 0.1) is 5.92 Å². The zero-order chi connectivity index (χ0) is 20.2. The second kappa shape index (κ2) is 8.55. The van der Waals surface area contributed by atoms with Crippen LogP contribution < -0.4 is 10.2 Å². The number of amides is 1. The van der Waals surface area contributed by atoms with Gasteiger partial charge in [0.1, 0.15) is 5.82 Å². The van der Waals surface area contributed by atoms with E-state index in [0.717, 1.165) is 61.0 Å². The number of fused-ring (bicyclic) bond motifs is 1. The highest BCUT2D eigenvalue weighted by atomic mass is 16.1. The predicted octanol–water partition coefficient (Wildman–Crippen LogP) is 2.10. The highest BCUT2D eigenvalue weighted by molar-refractivity contribution is 5.79. The van der Waals surface area contributed by atoms with Crippen LogP contribution in [0.3, 0.4) is 0 Å². The molecule has 4 heterocycles. The molecule has 1 atom stereocenters. The first-order chi connectivity index (χ1) is 14.1. The predicted molar refractivity (Wildman–Crippen MR) is 111 cm³/mol. The monoisotopic (exact) mass is 393 g/mol. The summed E-state index contributed by atoms with van der Waals surface area (Å²) < 4.78 is 1.99. The standard InChI is InChI=1S/C21H27N7O/c1-15-13-16(2)24-21(23-15)27-11-6-7-17(14-27)20(29)22-10-5-9-19-26-25-18-8-3-4-12-28(18)19/h3-4,8,12-13,17H,5-7,9-11,14H2,1-2H3,(H,22,29)/t17-/m1/s1. The molecule has 0 spiro atoms. The minimum absolute atomic E-state index is 0.0258. The van der Waals surface area contributed by atoms with E-state index in [4.69, 9.17) is 0 Å². The maximum atomic E-state index is 12.7. The minimum Gasteiger partial charge on any atom is -0.356 e. The molecule has 0 aliphatic carbocycles. The lowest BCUT2D eigenvalue weighted by molar-refractivity contribution is -0.125. The number of aryl methyl sites for hydroxylation is 3. The van der Waals surface area contributed by atoms with Gasteiger partial charge in [-0.2, -0.15) is 0 Å². The molecule has 1 amide bonds. The number of nitrogens with one attached hydrogen (secondary N) is 1. The van der Waals surface area contributed by atoms with Crippen LogP contribution in [0.4, 0.5) is 5.95 Å². The third-order valence-corrected chi connectivity index (χ3v) is 5.31. The van der Waals surface area contributed by atoms with Gasteiger partial charge in [-0.15, -0.1) is 10.2 Å². The van der Waals surface area contributed by atoms with E-state index in [1.54, 1.807) is 0 Å². The lowest BCUT2D eigenvalue weighted by Gasteiger charge is -2.32. The van der Waals surface area contributed by atoms with Crippen molar-refractivity contribution in [1.82, 2.24) is 29.9 Å². The first kappa shape index (κ1) is 19.3. The van der Waals surface area contributed by atoms with Crippen LogP contribution in [0.2, 0.25) is 0 Å². The summed E-state index contributed by atoms with van der Waals surface area (Å²) in [6.07, 6.45) is 5.45. The molecule has 0 radical (unpaired) electrons. The van der Waals surface area contributed by atoms with E-state index < -0.39 is 0 Å². The van der Waals surface area contributed by atoms with E-state index >= 15 is 0 Å². The molecule has 152 valence electrons. The van der Waals surface area contributed by atoms with Crippen molar-refractivity contribution >= 4 is 17.5 Å². The third kappa shape index (κ3) is 4.52. The molecule has 3 aromatic rings. The molecule has 1 fully saturated rings. The normalized spacial score (nSPS) is 16.9. The van der Waals surface area contributed by atoms with E-state index in [-0.39, 0.29) is 11.8 Å². The maximum absolute atomic E-state index is 12.7. The average Bonchev–Trinajstić information content (AvgIpc) is 3.13. The Bertz CT molecular complexity index is 979. The quantitative estimate of drug-likeness (QED) is 0.645. The summed E-state index contributed by atoms with van der Waals surface area (Å²) in [4.78, 5) is 23.9. The fourth-order valence-electron chi connectivity index (χ4n) is 3.89. The third-order valence-electron chi connectivity index (χ3n) is 5.31. The number of anilines is 1. The van der Waals surface area contributed by atoms with Crippen molar-refractivity contribution in [1.29, 1.82) is 0 Å². The molecule has 0 unspecified atom stereocenters. The van der Waals surface area contributed by atoms with Gasteiger partial charge >= 0.3 is 0 Å². The SMILES string of the molecule is Cc1cc(C)nc(N2CCC[C@@H](C(=O)NCCCc3nnc4ccccn34)C2)n1. The molecule has 4 rings (SSSR count). The van der Waals surface area contributed by atoms with Gasteiger partial charge < -0.3 is 10.2 Å². The molecule has 0 bridgehead atoms. The molecule has 8 nitrogen and oxygen atoms in total. The van der Waals surface area contributed by atoms with Gasteiger partial charge in [0.25, 0.3) is 0 Å². The summed E-state index contributed by atoms with van der Waals surface area (Å²) in [5.74, 6) is 1.75. The molecule has 1 saturated heterocycles. The Balaban J connectivity index is 1.28. The van der Waals surface area contributed by atoms with Crippen molar-refractivity contribution in [2.45, 2.75) is 39.5 Å². The molecule has 29 heavy (non-hydrogen) atoms. The number of piperidine rings is 1. The summed E-state index contributed by atoms with van der Waals surface area (Å²) in [5, 5.41) is 11.5. The largest absolute Gasteiger partial charge is 0.356 e. The van der Waals surface area contributed by atoms with Crippen molar-refractivity contribution in [2.75, 3.05) is 24.5 Å². The number of hydrogen-bond donors (Lipinski definition) is 1. The van der Waals surface area contributed by atoms with Crippen LogP contribution in [-0.4, -0.2) is 50.1 Å². The Morgan fingerprint density at radius 2 is 2.03 bits per heavy atom. The van der Waals surface area contributed by atoms with Crippen LogP contribution in [0, 0.1) is 19.8 Å². The fourth-order valence-corrected chi connectivity index (χ4v) is 3.89. The van der Waals surface area contributed by atoms with Crippen LogP contribution in [0.25, 0.3) is 5.65 Å². The Labute approximate surface area is 170 Å². The summed E-state index contributed by atoms with van der Waals surface area (Å²) in [6, 6.07) is 7.82. The van der Waals surface area contributed by atoms with Crippen LogP contribution in [0.5, 0.6) is 0 Å². The average molecular weight is 393 g/mol. The maximum Gasteiger partial charge on any atom is 0.225 e. The molecule has 3 aromatic heterocycles. The Morgan fingerprint density at radius 1 is 1.21 bits per heavy atom. The zero-order valence-electron chi connectivity index (χ0n) is 17.0. The number of nitrogens with zero attached hydrogens (tertiary/aromatic N) is 6. The smallest absolute Gasteiger partial charge is 0.225 e. The van der Waals surface area contributed by atoms with Gasteiger partial charge in [-0.25, -0.2) is 9.97 Å². The van der Waals surface area contributed by atoms with Crippen LogP contribution in [0.15, 0.2) is 30.5 Å². The van der Waals surface area contributed by atoms with Crippen molar-refractivity contribution in [3.63, 3.8) is 0 Å². The highest BCUT2D eigenvalue weighted by Crippen LogP contribution is 2.21. The van der Waals surface area contributed by atoms with Gasteiger partial charge in [-0.1, -0.05) is 6.07 Å². The molecule has 1 aliphatic rings. The van der Waals surface area contributed by atoms with Crippen molar-refractivity contribution < 1.29 is 4.79 Å². The Kier molecular flexibility index (Phi) is 5.69. The van der Waals surface area contributed by atoms with Gasteiger partial charge in [-0.3, -0.25) is 9.20 Å². The summed E-state index contributed by atoms with van der Waals surface area (Å²) >= 11 is 0. The first-order valence-corrected chi connectivity index (χ1v) is 10.2. The summed E-state index contributed by atoms with van der Waals surface area (Å²) in [6.45, 7) is 6.16. The Morgan fingerprint density at radius 3 is 2.86 bits per heavy atom. The second-order valence-electron chi connectivity index (χ2n) is 7.68. The van der Waals surface area contributed by atoms with Gasteiger partial charge in [-0.05, 0) is 51.3 Å². The van der Waals surface area contributed by atoms with Crippen LogP contribution in [0.1, 0.15) is 36.5 Å². The molecule has 0 aromatic carbocycles. The van der Waals surface area contributed by atoms with Crippen molar-refractivity contribution in [2.24, 2.45) is 5.92 Å². The van der Waals surface area contributed by atoms with Crippen LogP contribution in [-0.2, 0) is 11.2 Å². The molecular weight excluding hydrogens is 366 g/mol. The lowest BCUT2D eigenvalue weighted by Crippen LogP contribution is -2.44. The number of aromatic nitrogens is 5. The second-order valence-corrected chi connectivity index (χ2v) is 7.68. The summed E-state index contributed by atoms with van der Waals surface area (Å²) in [7, 11) is 0. The van der Waals surface area contributed by atoms with Gasteiger partial charge in [0.2, 0.25) is 11.9 Å². The molecule has 1 aliphatic heterocycles. The number of carbonyl (C=O) groups is 1. The fraction of sp³-hybridized carbons (Fsp3) is 0.476. The van der Waals surface area contributed by atoms with E-state index in [0.29, 0.717) is 13.1 Å². The van der Waals surface area contributed by atoms with Crippen molar-refractivity contribution in [3.05, 3.63) is 47.7 Å². The number of hydrogen-bond acceptors (Lipinski definition) is 6. The van der Waals surface area contributed by atoms with Crippen LogP contribution >= 0.6 is 0 Å². The minimum atomic E-state index is -0.0258. The van der Waals surface area contributed by atoms with E-state index in [9.17, 15) is 4.79 Å².